The number of rotatable bonds is 7. The number of carbonyl (C=O) groups excluding carboxylic acids is 1. The largest absolute Gasteiger partial charge is 0.497 e. The molecule has 0 bridgehead atoms. The molecule has 0 atom stereocenters. The summed E-state index contributed by atoms with van der Waals surface area (Å²) < 4.78 is 15.3. The second kappa shape index (κ2) is 8.58. The van der Waals surface area contributed by atoms with Gasteiger partial charge in [0.25, 0.3) is 11.6 Å². The van der Waals surface area contributed by atoms with Gasteiger partial charge in [0, 0.05) is 23.8 Å². The zero-order valence-electron chi connectivity index (χ0n) is 14.8. The number of non-ortho nitro benzene ring substituents is 1. The molecule has 3 rings (SSSR count). The predicted octanol–water partition coefficient (Wildman–Crippen LogP) is 3.41. The van der Waals surface area contributed by atoms with Crippen LogP contribution in [0.3, 0.4) is 0 Å². The van der Waals surface area contributed by atoms with Crippen molar-refractivity contribution in [3.8, 4) is 17.1 Å². The van der Waals surface area contributed by atoms with Crippen molar-refractivity contribution in [2.45, 2.75) is 6.61 Å². The maximum absolute atomic E-state index is 11.8. The van der Waals surface area contributed by atoms with Crippen LogP contribution < -0.4 is 4.74 Å². The highest BCUT2D eigenvalue weighted by atomic mass is 16.6. The van der Waals surface area contributed by atoms with Gasteiger partial charge in [-0.05, 0) is 23.8 Å². The van der Waals surface area contributed by atoms with Gasteiger partial charge in [0.05, 0.1) is 12.0 Å². The fourth-order valence-corrected chi connectivity index (χ4v) is 2.28. The standard InChI is InChI=1S/C19H15N3O6/c1-26-16-7-3-5-14(11-16)19-20-17(28-21-19)12-27-18(23)9-8-13-4-2-6-15(10-13)22(24)25/h2-11H,12H2,1H3/b9-8+. The van der Waals surface area contributed by atoms with Gasteiger partial charge in [0.2, 0.25) is 5.82 Å². The molecule has 0 aliphatic carbocycles. The number of carbonyl (C=O) groups is 1. The molecule has 0 fully saturated rings. The molecule has 0 aliphatic heterocycles. The molecule has 0 unspecified atom stereocenters. The van der Waals surface area contributed by atoms with Crippen LogP contribution >= 0.6 is 0 Å². The molecule has 0 aliphatic rings. The number of hydrogen-bond donors (Lipinski definition) is 0. The van der Waals surface area contributed by atoms with Crippen LogP contribution in [0.15, 0.2) is 59.1 Å². The van der Waals surface area contributed by atoms with Gasteiger partial charge >= 0.3 is 5.97 Å². The lowest BCUT2D eigenvalue weighted by atomic mass is 10.2. The summed E-state index contributed by atoms with van der Waals surface area (Å²) in [5, 5.41) is 14.6. The van der Waals surface area contributed by atoms with E-state index in [0.717, 1.165) is 0 Å². The van der Waals surface area contributed by atoms with E-state index < -0.39 is 10.9 Å². The van der Waals surface area contributed by atoms with Crippen LogP contribution in [0, 0.1) is 10.1 Å². The van der Waals surface area contributed by atoms with E-state index in [9.17, 15) is 14.9 Å². The van der Waals surface area contributed by atoms with Crippen LogP contribution in [0.1, 0.15) is 11.5 Å². The Morgan fingerprint density at radius 2 is 2.07 bits per heavy atom. The highest BCUT2D eigenvalue weighted by Crippen LogP contribution is 2.21. The highest BCUT2D eigenvalue weighted by Gasteiger charge is 2.11. The minimum Gasteiger partial charge on any atom is -0.497 e. The first-order valence-corrected chi connectivity index (χ1v) is 8.11. The summed E-state index contributed by atoms with van der Waals surface area (Å²) in [6, 6.07) is 13.0. The molecule has 2 aromatic carbocycles. The van der Waals surface area contributed by atoms with E-state index in [2.05, 4.69) is 10.1 Å². The van der Waals surface area contributed by atoms with Crippen LogP contribution in [0.25, 0.3) is 17.5 Å². The molecule has 0 N–H and O–H groups in total. The van der Waals surface area contributed by atoms with Gasteiger partial charge in [-0.25, -0.2) is 4.79 Å². The molecular formula is C19H15N3O6. The summed E-state index contributed by atoms with van der Waals surface area (Å²) >= 11 is 0. The zero-order chi connectivity index (χ0) is 19.9. The Labute approximate surface area is 159 Å². The smallest absolute Gasteiger partial charge is 0.331 e. The predicted molar refractivity (Wildman–Crippen MR) is 98.2 cm³/mol. The van der Waals surface area contributed by atoms with Crippen LogP contribution in [0.4, 0.5) is 5.69 Å². The number of nitrogens with zero attached hydrogens (tertiary/aromatic N) is 3. The number of ether oxygens (including phenoxy) is 2. The summed E-state index contributed by atoms with van der Waals surface area (Å²) in [4.78, 5) is 26.2. The van der Waals surface area contributed by atoms with Crippen molar-refractivity contribution in [2.24, 2.45) is 0 Å². The third-order valence-electron chi connectivity index (χ3n) is 3.63. The molecule has 9 heteroatoms. The molecule has 0 saturated carbocycles. The second-order valence-electron chi connectivity index (χ2n) is 5.54. The summed E-state index contributed by atoms with van der Waals surface area (Å²) in [7, 11) is 1.56. The fraction of sp³-hybridized carbons (Fsp3) is 0.105. The number of hydrogen-bond acceptors (Lipinski definition) is 8. The SMILES string of the molecule is COc1cccc(-c2noc(COC(=O)/C=C/c3cccc([N+](=O)[O-])c3)n2)c1. The first-order valence-electron chi connectivity index (χ1n) is 8.11. The molecular weight excluding hydrogens is 366 g/mol. The molecule has 142 valence electrons. The van der Waals surface area contributed by atoms with Gasteiger partial charge < -0.3 is 14.0 Å². The normalized spacial score (nSPS) is 10.8. The third kappa shape index (κ3) is 4.79. The van der Waals surface area contributed by atoms with E-state index in [1.165, 1.54) is 30.4 Å². The molecule has 0 amide bonds. The first-order chi connectivity index (χ1) is 13.5. The Morgan fingerprint density at radius 1 is 1.25 bits per heavy atom. The number of nitro benzene ring substituents is 1. The van der Waals surface area contributed by atoms with Gasteiger partial charge in [-0.15, -0.1) is 0 Å². The number of methoxy groups -OCH3 is 1. The van der Waals surface area contributed by atoms with E-state index in [1.807, 2.05) is 0 Å². The van der Waals surface area contributed by atoms with E-state index >= 15 is 0 Å². The van der Waals surface area contributed by atoms with E-state index in [0.29, 0.717) is 22.7 Å². The number of aromatic nitrogens is 2. The second-order valence-corrected chi connectivity index (χ2v) is 5.54. The summed E-state index contributed by atoms with van der Waals surface area (Å²) in [5.41, 5.74) is 1.14. The number of nitro groups is 1. The van der Waals surface area contributed by atoms with Gasteiger partial charge in [-0.2, -0.15) is 4.98 Å². The van der Waals surface area contributed by atoms with Crippen molar-refractivity contribution in [1.82, 2.24) is 10.1 Å². The van der Waals surface area contributed by atoms with Crippen LogP contribution in [-0.2, 0) is 16.1 Å². The average molecular weight is 381 g/mol. The van der Waals surface area contributed by atoms with Gasteiger partial charge in [-0.1, -0.05) is 29.4 Å². The third-order valence-corrected chi connectivity index (χ3v) is 3.63. The maximum Gasteiger partial charge on any atom is 0.331 e. The van der Waals surface area contributed by atoms with Crippen molar-refractivity contribution >= 4 is 17.7 Å². The number of benzene rings is 2. The van der Waals surface area contributed by atoms with Crippen molar-refractivity contribution in [3.63, 3.8) is 0 Å². The van der Waals surface area contributed by atoms with Crippen LogP contribution in [0.5, 0.6) is 5.75 Å². The molecule has 1 heterocycles. The summed E-state index contributed by atoms with van der Waals surface area (Å²) in [5.74, 6) is 0.487. The topological polar surface area (TPSA) is 118 Å². The lowest BCUT2D eigenvalue weighted by Gasteiger charge is -2.00. The van der Waals surface area contributed by atoms with Crippen molar-refractivity contribution in [3.05, 3.63) is 76.2 Å². The molecule has 9 nitrogen and oxygen atoms in total. The van der Waals surface area contributed by atoms with Gasteiger partial charge in [0.15, 0.2) is 6.61 Å². The molecule has 3 aromatic rings. The van der Waals surface area contributed by atoms with E-state index in [1.54, 1.807) is 37.4 Å². The van der Waals surface area contributed by atoms with Crippen LogP contribution in [-0.4, -0.2) is 28.1 Å². The average Bonchev–Trinajstić information content (AvgIpc) is 3.20. The van der Waals surface area contributed by atoms with Crippen molar-refractivity contribution in [2.75, 3.05) is 7.11 Å². The maximum atomic E-state index is 11.8. The fourth-order valence-electron chi connectivity index (χ4n) is 2.28. The lowest BCUT2D eigenvalue weighted by Crippen LogP contribution is -2.01. The van der Waals surface area contributed by atoms with Crippen molar-refractivity contribution in [1.29, 1.82) is 0 Å². The summed E-state index contributed by atoms with van der Waals surface area (Å²) in [6.45, 7) is -0.199. The zero-order valence-corrected chi connectivity index (χ0v) is 14.8. The molecule has 0 saturated heterocycles. The van der Waals surface area contributed by atoms with Crippen LogP contribution in [0.2, 0.25) is 0 Å². The Balaban J connectivity index is 1.58. The monoisotopic (exact) mass is 381 g/mol. The molecule has 28 heavy (non-hydrogen) atoms. The minimum absolute atomic E-state index is 0.0635. The summed E-state index contributed by atoms with van der Waals surface area (Å²) in [6.07, 6.45) is 2.59. The van der Waals surface area contributed by atoms with E-state index in [4.69, 9.17) is 14.0 Å². The van der Waals surface area contributed by atoms with Gasteiger partial charge in [-0.3, -0.25) is 10.1 Å². The highest BCUT2D eigenvalue weighted by molar-refractivity contribution is 5.87. The van der Waals surface area contributed by atoms with Gasteiger partial charge in [0.1, 0.15) is 5.75 Å². The Hall–Kier alpha value is -4.01. The Bertz CT molecular complexity index is 1030. The Morgan fingerprint density at radius 3 is 2.86 bits per heavy atom. The molecule has 0 radical (unpaired) electrons. The first kappa shape index (κ1) is 18.8. The number of esters is 1. The quantitative estimate of drug-likeness (QED) is 0.264. The van der Waals surface area contributed by atoms with Crippen molar-refractivity contribution < 1.29 is 23.7 Å². The molecule has 0 spiro atoms. The minimum atomic E-state index is -0.646. The Kier molecular flexibility index (Phi) is 5.75. The molecule has 1 aromatic heterocycles. The lowest BCUT2D eigenvalue weighted by molar-refractivity contribution is -0.384. The van der Waals surface area contributed by atoms with E-state index in [-0.39, 0.29) is 18.2 Å².